The Morgan fingerprint density at radius 2 is 1.37 bits per heavy atom. The third kappa shape index (κ3) is 24.3. The molecule has 0 aromatic heterocycles. The second-order valence-corrected chi connectivity index (χ2v) is 12.9. The van der Waals surface area contributed by atoms with Crippen molar-refractivity contribution in [2.24, 2.45) is 0 Å². The Morgan fingerprint density at radius 1 is 0.868 bits per heavy atom. The number of hydrogen-bond donors (Lipinski definition) is 3. The monoisotopic (exact) mass is 563 g/mol. The summed E-state index contributed by atoms with van der Waals surface area (Å²) in [6.07, 6.45) is 22.0. The number of nitrogens with zero attached hydrogens (tertiary/aromatic N) is 1. The summed E-state index contributed by atoms with van der Waals surface area (Å²) in [5, 5.41) is 13.2. The lowest BCUT2D eigenvalue weighted by molar-refractivity contribution is -0.870. The molecule has 3 N–H and O–H groups in total. The fraction of sp³-hybridized carbons (Fsp3) is 0.897. The summed E-state index contributed by atoms with van der Waals surface area (Å²) in [6.45, 7) is 4.24. The number of quaternary nitrogens is 1. The molecule has 0 radical (unpaired) electrons. The zero-order valence-corrected chi connectivity index (χ0v) is 26.1. The molecule has 0 spiro atoms. The molecule has 226 valence electrons. The molecule has 0 aliphatic rings. The van der Waals surface area contributed by atoms with E-state index in [-0.39, 0.29) is 25.5 Å². The highest BCUT2D eigenvalue weighted by atomic mass is 31.2. The standard InChI is InChI=1S/C29H59N2O6P/c1-6-8-9-10-11-12-13-14-15-16-17-18-19-20-21-22-23-28(32)27(30-29(33)7-2)26-37-38(34,35)36-25-24-31(3,4)5/h22-23,27-28,32H,6-21,24-26H2,1-5H3,(H-,30,33,34,35)/p+1/b23-22+. The molecule has 0 saturated heterocycles. The van der Waals surface area contributed by atoms with Crippen LogP contribution in [0.1, 0.15) is 117 Å². The van der Waals surface area contributed by atoms with Gasteiger partial charge in [-0.1, -0.05) is 109 Å². The highest BCUT2D eigenvalue weighted by molar-refractivity contribution is 7.47. The van der Waals surface area contributed by atoms with Crippen molar-refractivity contribution in [3.63, 3.8) is 0 Å². The van der Waals surface area contributed by atoms with E-state index in [0.717, 1.165) is 19.3 Å². The highest BCUT2D eigenvalue weighted by Gasteiger charge is 2.27. The van der Waals surface area contributed by atoms with Crippen molar-refractivity contribution in [2.75, 3.05) is 40.9 Å². The Balaban J connectivity index is 4.12. The Morgan fingerprint density at radius 3 is 1.84 bits per heavy atom. The van der Waals surface area contributed by atoms with Crippen LogP contribution < -0.4 is 5.32 Å². The lowest BCUT2D eigenvalue weighted by Gasteiger charge is -2.25. The number of amides is 1. The molecular weight excluding hydrogens is 503 g/mol. The maximum absolute atomic E-state index is 12.2. The van der Waals surface area contributed by atoms with E-state index in [1.165, 1.54) is 77.0 Å². The number of aliphatic hydroxyl groups excluding tert-OH is 1. The minimum Gasteiger partial charge on any atom is -0.387 e. The van der Waals surface area contributed by atoms with Gasteiger partial charge in [0.1, 0.15) is 13.2 Å². The second-order valence-electron chi connectivity index (χ2n) is 11.4. The zero-order chi connectivity index (χ0) is 28.7. The van der Waals surface area contributed by atoms with Crippen molar-refractivity contribution < 1.29 is 32.9 Å². The van der Waals surface area contributed by atoms with Crippen LogP contribution in [0, 0.1) is 0 Å². The van der Waals surface area contributed by atoms with Crippen LogP contribution in [0.25, 0.3) is 0 Å². The van der Waals surface area contributed by atoms with Crippen molar-refractivity contribution in [2.45, 2.75) is 129 Å². The average molecular weight is 564 g/mol. The van der Waals surface area contributed by atoms with Crippen molar-refractivity contribution in [1.29, 1.82) is 0 Å². The summed E-state index contributed by atoms with van der Waals surface area (Å²) in [5.41, 5.74) is 0. The topological polar surface area (TPSA) is 105 Å². The van der Waals surface area contributed by atoms with Crippen molar-refractivity contribution in [3.8, 4) is 0 Å². The molecule has 0 fully saturated rings. The van der Waals surface area contributed by atoms with Crippen LogP contribution >= 0.6 is 7.82 Å². The fourth-order valence-electron chi connectivity index (χ4n) is 4.00. The number of rotatable bonds is 26. The van der Waals surface area contributed by atoms with Crippen LogP contribution in [0.4, 0.5) is 0 Å². The van der Waals surface area contributed by atoms with E-state index in [4.69, 9.17) is 9.05 Å². The summed E-state index contributed by atoms with van der Waals surface area (Å²) in [5.74, 6) is -0.267. The number of unbranched alkanes of at least 4 members (excludes halogenated alkanes) is 14. The van der Waals surface area contributed by atoms with E-state index >= 15 is 0 Å². The number of allylic oxidation sites excluding steroid dienone is 1. The van der Waals surface area contributed by atoms with Crippen molar-refractivity contribution in [3.05, 3.63) is 12.2 Å². The minimum atomic E-state index is -4.28. The predicted octanol–water partition coefficient (Wildman–Crippen LogP) is 6.51. The van der Waals surface area contributed by atoms with E-state index in [2.05, 4.69) is 12.2 Å². The first kappa shape index (κ1) is 37.2. The van der Waals surface area contributed by atoms with E-state index in [1.807, 2.05) is 27.2 Å². The van der Waals surface area contributed by atoms with E-state index in [0.29, 0.717) is 11.0 Å². The zero-order valence-electron chi connectivity index (χ0n) is 25.2. The number of aliphatic hydroxyl groups is 1. The van der Waals surface area contributed by atoms with Gasteiger partial charge in [-0.25, -0.2) is 4.57 Å². The Hall–Kier alpha value is -0.760. The first-order valence-corrected chi connectivity index (χ1v) is 16.6. The largest absolute Gasteiger partial charge is 0.472 e. The minimum absolute atomic E-state index is 0.0604. The lowest BCUT2D eigenvalue weighted by Crippen LogP contribution is -2.45. The van der Waals surface area contributed by atoms with Gasteiger partial charge in [0.15, 0.2) is 0 Å². The van der Waals surface area contributed by atoms with Gasteiger partial charge < -0.3 is 19.8 Å². The Kier molecular flexibility index (Phi) is 22.5. The van der Waals surface area contributed by atoms with Gasteiger partial charge in [-0.2, -0.15) is 0 Å². The summed E-state index contributed by atoms with van der Waals surface area (Å²) in [4.78, 5) is 21.8. The maximum atomic E-state index is 12.2. The Labute approximate surface area is 233 Å². The molecule has 8 nitrogen and oxygen atoms in total. The normalized spacial score (nSPS) is 15.4. The van der Waals surface area contributed by atoms with Gasteiger partial charge in [0.05, 0.1) is 39.9 Å². The van der Waals surface area contributed by atoms with Crippen LogP contribution in [-0.4, -0.2) is 73.4 Å². The fourth-order valence-corrected chi connectivity index (χ4v) is 4.74. The predicted molar refractivity (Wildman–Crippen MR) is 157 cm³/mol. The van der Waals surface area contributed by atoms with E-state index in [9.17, 15) is 19.4 Å². The van der Waals surface area contributed by atoms with Gasteiger partial charge in [0.2, 0.25) is 5.91 Å². The van der Waals surface area contributed by atoms with Crippen LogP contribution in [0.3, 0.4) is 0 Å². The molecule has 0 heterocycles. The van der Waals surface area contributed by atoms with Gasteiger partial charge in [-0.15, -0.1) is 0 Å². The van der Waals surface area contributed by atoms with Gasteiger partial charge in [-0.3, -0.25) is 13.8 Å². The first-order chi connectivity index (χ1) is 18.0. The molecule has 0 aliphatic heterocycles. The number of phosphoric ester groups is 1. The third-order valence-electron chi connectivity index (χ3n) is 6.57. The van der Waals surface area contributed by atoms with Gasteiger partial charge in [0, 0.05) is 6.42 Å². The number of nitrogens with one attached hydrogen (secondary N) is 1. The maximum Gasteiger partial charge on any atom is 0.472 e. The second kappa shape index (κ2) is 23.0. The summed E-state index contributed by atoms with van der Waals surface area (Å²) >= 11 is 0. The number of phosphoric acid groups is 1. The van der Waals surface area contributed by atoms with Crippen LogP contribution in [0.2, 0.25) is 0 Å². The number of likely N-dealkylation sites (N-methyl/N-ethyl adjacent to an activating group) is 1. The quantitative estimate of drug-likeness (QED) is 0.0480. The Bertz CT molecular complexity index is 653. The van der Waals surface area contributed by atoms with Crippen LogP contribution in [0.15, 0.2) is 12.2 Å². The molecule has 0 aromatic rings. The number of carbonyl (C=O) groups is 1. The van der Waals surface area contributed by atoms with Crippen LogP contribution in [0.5, 0.6) is 0 Å². The lowest BCUT2D eigenvalue weighted by atomic mass is 10.0. The van der Waals surface area contributed by atoms with Crippen molar-refractivity contribution >= 4 is 13.7 Å². The van der Waals surface area contributed by atoms with E-state index < -0.39 is 20.0 Å². The molecule has 0 bridgehead atoms. The molecule has 38 heavy (non-hydrogen) atoms. The van der Waals surface area contributed by atoms with Gasteiger partial charge in [0.25, 0.3) is 0 Å². The molecule has 9 heteroatoms. The third-order valence-corrected chi connectivity index (χ3v) is 7.56. The first-order valence-electron chi connectivity index (χ1n) is 15.1. The highest BCUT2D eigenvalue weighted by Crippen LogP contribution is 2.43. The molecule has 1 amide bonds. The average Bonchev–Trinajstić information content (AvgIpc) is 2.85. The summed E-state index contributed by atoms with van der Waals surface area (Å²) < 4.78 is 22.9. The molecule has 0 aliphatic carbocycles. The van der Waals surface area contributed by atoms with Gasteiger partial charge in [-0.05, 0) is 12.8 Å². The summed E-state index contributed by atoms with van der Waals surface area (Å²) in [6, 6.07) is -0.836. The molecule has 3 atom stereocenters. The van der Waals surface area contributed by atoms with Crippen molar-refractivity contribution in [1.82, 2.24) is 5.32 Å². The van der Waals surface area contributed by atoms with Crippen LogP contribution in [-0.2, 0) is 18.4 Å². The van der Waals surface area contributed by atoms with Gasteiger partial charge >= 0.3 is 7.82 Å². The molecule has 0 aromatic carbocycles. The summed E-state index contributed by atoms with van der Waals surface area (Å²) in [7, 11) is 1.56. The number of carbonyl (C=O) groups excluding carboxylic acids is 1. The van der Waals surface area contributed by atoms with E-state index in [1.54, 1.807) is 13.0 Å². The SMILES string of the molecule is CCCCCCCCCCCCCCCC/C=C/C(O)C(COP(=O)(O)OCC[N+](C)(C)C)NC(=O)CC. The molecule has 0 saturated carbocycles. The molecular formula is C29H60N2O6P+. The molecule has 0 rings (SSSR count). The number of hydrogen-bond acceptors (Lipinski definition) is 5. The molecule has 3 unspecified atom stereocenters. The smallest absolute Gasteiger partial charge is 0.387 e.